The summed E-state index contributed by atoms with van der Waals surface area (Å²) in [5, 5.41) is 2.42. The topological polar surface area (TPSA) is 29.1 Å². The third-order valence-electron chi connectivity index (χ3n) is 0.981. The van der Waals surface area contributed by atoms with Crippen LogP contribution in [0.15, 0.2) is 24.9 Å². The second-order valence-corrected chi connectivity index (χ2v) is 1.63. The van der Waals surface area contributed by atoms with Crippen LogP contribution in [-0.4, -0.2) is 5.91 Å². The van der Waals surface area contributed by atoms with Crippen molar-refractivity contribution >= 4 is 5.91 Å². The average molecular weight is 125 g/mol. The Hall–Kier alpha value is -1.05. The van der Waals surface area contributed by atoms with E-state index in [-0.39, 0.29) is 5.91 Å². The van der Waals surface area contributed by atoms with Crippen LogP contribution in [0.3, 0.4) is 0 Å². The largest absolute Gasteiger partial charge is 0.329 e. The number of rotatable bonds is 3. The molecule has 0 spiro atoms. The van der Waals surface area contributed by atoms with Crippen LogP contribution in [0.5, 0.6) is 0 Å². The Kier molecular flexibility index (Phi) is 3.44. The SMILES string of the molecule is C=CNC(=O)C(=C)CC. The van der Waals surface area contributed by atoms with Crippen LogP contribution in [-0.2, 0) is 4.79 Å². The monoisotopic (exact) mass is 125 g/mol. The van der Waals surface area contributed by atoms with Gasteiger partial charge in [0, 0.05) is 5.57 Å². The molecule has 0 radical (unpaired) electrons. The molecule has 0 aromatic carbocycles. The molecule has 0 aliphatic rings. The quantitative estimate of drug-likeness (QED) is 0.564. The lowest BCUT2D eigenvalue weighted by atomic mass is 10.2. The van der Waals surface area contributed by atoms with Crippen LogP contribution in [0.2, 0.25) is 0 Å². The predicted octanol–water partition coefficient (Wildman–Crippen LogP) is 1.21. The lowest BCUT2D eigenvalue weighted by Gasteiger charge is -1.97. The van der Waals surface area contributed by atoms with E-state index in [2.05, 4.69) is 18.5 Å². The van der Waals surface area contributed by atoms with E-state index >= 15 is 0 Å². The third kappa shape index (κ3) is 2.69. The van der Waals surface area contributed by atoms with E-state index in [4.69, 9.17) is 0 Å². The average Bonchev–Trinajstić information content (AvgIpc) is 1.87. The Bertz CT molecular complexity index is 138. The molecule has 0 rings (SSSR count). The van der Waals surface area contributed by atoms with Crippen LogP contribution < -0.4 is 5.32 Å². The normalized spacial score (nSPS) is 8.11. The number of carbonyl (C=O) groups excluding carboxylic acids is 1. The first-order valence-electron chi connectivity index (χ1n) is 2.82. The van der Waals surface area contributed by atoms with Crippen molar-refractivity contribution in [1.29, 1.82) is 0 Å². The molecule has 0 heterocycles. The van der Waals surface area contributed by atoms with Crippen LogP contribution in [0, 0.1) is 0 Å². The summed E-state index contributed by atoms with van der Waals surface area (Å²) in [5.41, 5.74) is 0.579. The highest BCUT2D eigenvalue weighted by Crippen LogP contribution is 1.94. The summed E-state index contributed by atoms with van der Waals surface area (Å²) in [6.45, 7) is 8.76. The van der Waals surface area contributed by atoms with E-state index in [1.807, 2.05) is 6.92 Å². The van der Waals surface area contributed by atoms with E-state index in [0.717, 1.165) is 0 Å². The first kappa shape index (κ1) is 7.95. The lowest BCUT2D eigenvalue weighted by molar-refractivity contribution is -0.116. The van der Waals surface area contributed by atoms with Gasteiger partial charge in [-0.15, -0.1) is 0 Å². The second-order valence-electron chi connectivity index (χ2n) is 1.63. The summed E-state index contributed by atoms with van der Waals surface area (Å²) in [6.07, 6.45) is 2.03. The number of amides is 1. The number of nitrogens with one attached hydrogen (secondary N) is 1. The van der Waals surface area contributed by atoms with Gasteiger partial charge in [-0.1, -0.05) is 20.1 Å². The molecule has 50 valence electrons. The Morgan fingerprint density at radius 1 is 1.78 bits per heavy atom. The minimum atomic E-state index is -0.146. The highest BCUT2D eigenvalue weighted by Gasteiger charge is 1.99. The fourth-order valence-corrected chi connectivity index (χ4v) is 0.355. The van der Waals surface area contributed by atoms with Crippen molar-refractivity contribution < 1.29 is 4.79 Å². The lowest BCUT2D eigenvalue weighted by Crippen LogP contribution is -2.17. The van der Waals surface area contributed by atoms with Crippen molar-refractivity contribution in [1.82, 2.24) is 5.32 Å². The Balaban J connectivity index is 3.73. The predicted molar refractivity (Wildman–Crippen MR) is 37.8 cm³/mol. The summed E-state index contributed by atoms with van der Waals surface area (Å²) >= 11 is 0. The molecule has 0 saturated heterocycles. The van der Waals surface area contributed by atoms with E-state index in [9.17, 15) is 4.79 Å². The Morgan fingerprint density at radius 2 is 2.33 bits per heavy atom. The van der Waals surface area contributed by atoms with Crippen molar-refractivity contribution in [3.63, 3.8) is 0 Å². The van der Waals surface area contributed by atoms with Gasteiger partial charge in [-0.2, -0.15) is 0 Å². The van der Waals surface area contributed by atoms with Gasteiger partial charge in [0.2, 0.25) is 5.91 Å². The molecule has 9 heavy (non-hydrogen) atoms. The minimum Gasteiger partial charge on any atom is -0.329 e. The van der Waals surface area contributed by atoms with Crippen LogP contribution >= 0.6 is 0 Å². The minimum absolute atomic E-state index is 0.146. The van der Waals surface area contributed by atoms with Crippen LogP contribution in [0.25, 0.3) is 0 Å². The van der Waals surface area contributed by atoms with Gasteiger partial charge in [-0.25, -0.2) is 0 Å². The van der Waals surface area contributed by atoms with Gasteiger partial charge in [0.05, 0.1) is 0 Å². The molecule has 0 aliphatic carbocycles. The molecular formula is C7H11NO. The van der Waals surface area contributed by atoms with Crippen molar-refractivity contribution in [2.75, 3.05) is 0 Å². The zero-order chi connectivity index (χ0) is 7.28. The van der Waals surface area contributed by atoms with E-state index < -0.39 is 0 Å². The third-order valence-corrected chi connectivity index (χ3v) is 0.981. The maximum Gasteiger partial charge on any atom is 0.250 e. The maximum absolute atomic E-state index is 10.7. The molecule has 0 fully saturated rings. The molecule has 0 atom stereocenters. The zero-order valence-electron chi connectivity index (χ0n) is 5.61. The van der Waals surface area contributed by atoms with E-state index in [1.54, 1.807) is 0 Å². The maximum atomic E-state index is 10.7. The fraction of sp³-hybridized carbons (Fsp3) is 0.286. The molecule has 0 aromatic heterocycles. The first-order chi connectivity index (χ1) is 4.22. The van der Waals surface area contributed by atoms with Crippen molar-refractivity contribution in [2.45, 2.75) is 13.3 Å². The van der Waals surface area contributed by atoms with Crippen molar-refractivity contribution in [3.8, 4) is 0 Å². The van der Waals surface area contributed by atoms with E-state index in [1.165, 1.54) is 6.20 Å². The van der Waals surface area contributed by atoms with Crippen LogP contribution in [0.4, 0.5) is 0 Å². The van der Waals surface area contributed by atoms with Crippen molar-refractivity contribution in [3.05, 3.63) is 24.9 Å². The molecule has 0 bridgehead atoms. The summed E-state index contributed by atoms with van der Waals surface area (Å²) in [7, 11) is 0. The molecule has 1 N–H and O–H groups in total. The van der Waals surface area contributed by atoms with Crippen molar-refractivity contribution in [2.24, 2.45) is 0 Å². The van der Waals surface area contributed by atoms with Gasteiger partial charge < -0.3 is 5.32 Å². The zero-order valence-corrected chi connectivity index (χ0v) is 5.61. The van der Waals surface area contributed by atoms with E-state index in [0.29, 0.717) is 12.0 Å². The molecular weight excluding hydrogens is 114 g/mol. The molecule has 0 unspecified atom stereocenters. The number of hydrogen-bond donors (Lipinski definition) is 1. The van der Waals surface area contributed by atoms with Gasteiger partial charge >= 0.3 is 0 Å². The fourth-order valence-electron chi connectivity index (χ4n) is 0.355. The summed E-state index contributed by atoms with van der Waals surface area (Å²) < 4.78 is 0. The summed E-state index contributed by atoms with van der Waals surface area (Å²) in [6, 6.07) is 0. The highest BCUT2D eigenvalue weighted by molar-refractivity contribution is 5.93. The molecule has 0 saturated carbocycles. The summed E-state index contributed by atoms with van der Waals surface area (Å²) in [4.78, 5) is 10.7. The first-order valence-corrected chi connectivity index (χ1v) is 2.82. The Labute approximate surface area is 55.3 Å². The molecule has 1 amide bonds. The van der Waals surface area contributed by atoms with Gasteiger partial charge in [-0.3, -0.25) is 4.79 Å². The van der Waals surface area contributed by atoms with Crippen LogP contribution in [0.1, 0.15) is 13.3 Å². The molecule has 0 aliphatic heterocycles. The highest BCUT2D eigenvalue weighted by atomic mass is 16.1. The van der Waals surface area contributed by atoms with Gasteiger partial charge in [-0.05, 0) is 12.6 Å². The standard InChI is InChI=1S/C7H11NO/c1-4-6(3)7(9)8-5-2/h5H,2-4H2,1H3,(H,8,9). The smallest absolute Gasteiger partial charge is 0.250 e. The van der Waals surface area contributed by atoms with Gasteiger partial charge in [0.1, 0.15) is 0 Å². The van der Waals surface area contributed by atoms with Gasteiger partial charge in [0.25, 0.3) is 0 Å². The Morgan fingerprint density at radius 3 is 2.67 bits per heavy atom. The van der Waals surface area contributed by atoms with Gasteiger partial charge in [0.15, 0.2) is 0 Å². The second kappa shape index (κ2) is 3.89. The summed E-state index contributed by atoms with van der Waals surface area (Å²) in [5.74, 6) is -0.146. The number of hydrogen-bond acceptors (Lipinski definition) is 1. The molecule has 2 heteroatoms. The number of carbonyl (C=O) groups is 1. The molecule has 0 aromatic rings. The molecule has 2 nitrogen and oxygen atoms in total.